The molecule has 0 saturated heterocycles. The molecular formula is C18H20F2N2O3S2. The van der Waals surface area contributed by atoms with E-state index in [-0.39, 0.29) is 22.4 Å². The SMILES string of the molecule is Cc1ccc(NC(=O)C(C)C)cc1S(=O)(=O)Nc1ccc(SC(F)F)cc1. The number of nitrogens with one attached hydrogen (secondary N) is 2. The third kappa shape index (κ3) is 5.93. The highest BCUT2D eigenvalue weighted by Gasteiger charge is 2.19. The van der Waals surface area contributed by atoms with Gasteiger partial charge < -0.3 is 5.32 Å². The second-order valence-electron chi connectivity index (χ2n) is 6.13. The number of amides is 1. The van der Waals surface area contributed by atoms with Crippen molar-refractivity contribution >= 4 is 39.1 Å². The second-order valence-corrected chi connectivity index (χ2v) is 8.85. The van der Waals surface area contributed by atoms with Gasteiger partial charge in [-0.1, -0.05) is 31.7 Å². The molecule has 0 aliphatic heterocycles. The number of thioether (sulfide) groups is 1. The van der Waals surface area contributed by atoms with Gasteiger partial charge in [0.25, 0.3) is 15.8 Å². The molecule has 2 N–H and O–H groups in total. The molecule has 0 aliphatic rings. The van der Waals surface area contributed by atoms with Crippen molar-refractivity contribution in [1.29, 1.82) is 0 Å². The molecule has 146 valence electrons. The van der Waals surface area contributed by atoms with Gasteiger partial charge in [-0.3, -0.25) is 9.52 Å². The Kier molecular flexibility index (Phi) is 6.83. The summed E-state index contributed by atoms with van der Waals surface area (Å²) in [5.41, 5.74) is 1.14. The van der Waals surface area contributed by atoms with Gasteiger partial charge in [0.2, 0.25) is 5.91 Å². The van der Waals surface area contributed by atoms with Crippen molar-refractivity contribution in [2.24, 2.45) is 5.92 Å². The fourth-order valence-corrected chi connectivity index (χ4v) is 4.00. The number of benzene rings is 2. The first-order valence-corrected chi connectivity index (χ1v) is 10.4. The van der Waals surface area contributed by atoms with E-state index >= 15 is 0 Å². The Hall–Kier alpha value is -2.13. The van der Waals surface area contributed by atoms with Crippen molar-refractivity contribution in [3.05, 3.63) is 48.0 Å². The molecule has 1 amide bonds. The lowest BCUT2D eigenvalue weighted by molar-refractivity contribution is -0.118. The van der Waals surface area contributed by atoms with Crippen LogP contribution in [0.25, 0.3) is 0 Å². The summed E-state index contributed by atoms with van der Waals surface area (Å²) < 4.78 is 52.6. The molecule has 0 fully saturated rings. The quantitative estimate of drug-likeness (QED) is 0.644. The van der Waals surface area contributed by atoms with Crippen molar-refractivity contribution in [3.63, 3.8) is 0 Å². The first-order valence-electron chi connectivity index (χ1n) is 8.07. The molecule has 0 aromatic heterocycles. The minimum atomic E-state index is -3.91. The Morgan fingerprint density at radius 2 is 1.63 bits per heavy atom. The number of rotatable bonds is 7. The zero-order valence-corrected chi connectivity index (χ0v) is 16.6. The molecule has 0 unspecified atom stereocenters. The topological polar surface area (TPSA) is 75.3 Å². The normalized spacial score (nSPS) is 11.7. The van der Waals surface area contributed by atoms with Gasteiger partial charge in [0.1, 0.15) is 0 Å². The van der Waals surface area contributed by atoms with Crippen LogP contribution in [0.2, 0.25) is 0 Å². The summed E-state index contributed by atoms with van der Waals surface area (Å²) in [7, 11) is -3.91. The summed E-state index contributed by atoms with van der Waals surface area (Å²) >= 11 is 0.383. The summed E-state index contributed by atoms with van der Waals surface area (Å²) in [5, 5.41) is 2.67. The van der Waals surface area contributed by atoms with Crippen LogP contribution < -0.4 is 10.0 Å². The van der Waals surface area contributed by atoms with Gasteiger partial charge in [-0.05, 0) is 48.9 Å². The van der Waals surface area contributed by atoms with Crippen LogP contribution in [0.1, 0.15) is 19.4 Å². The van der Waals surface area contributed by atoms with Gasteiger partial charge in [0.15, 0.2) is 0 Å². The van der Waals surface area contributed by atoms with Crippen molar-refractivity contribution in [3.8, 4) is 0 Å². The second kappa shape index (κ2) is 8.71. The molecule has 0 heterocycles. The van der Waals surface area contributed by atoms with Crippen molar-refractivity contribution in [1.82, 2.24) is 0 Å². The van der Waals surface area contributed by atoms with E-state index in [2.05, 4.69) is 10.0 Å². The van der Waals surface area contributed by atoms with Gasteiger partial charge in [0.05, 0.1) is 4.90 Å². The molecule has 0 spiro atoms. The molecule has 27 heavy (non-hydrogen) atoms. The predicted octanol–water partition coefficient (Wildman–Crippen LogP) is 4.71. The fourth-order valence-electron chi connectivity index (χ4n) is 2.17. The minimum Gasteiger partial charge on any atom is -0.326 e. The van der Waals surface area contributed by atoms with Crippen LogP contribution in [0.4, 0.5) is 20.2 Å². The first-order chi connectivity index (χ1) is 12.6. The molecule has 9 heteroatoms. The number of sulfonamides is 1. The Morgan fingerprint density at radius 1 is 1.04 bits per heavy atom. The molecule has 0 aliphatic carbocycles. The number of anilines is 2. The standard InChI is InChI=1S/C18H20F2N2O3S2/c1-11(2)17(23)21-14-5-4-12(3)16(10-14)27(24,25)22-13-6-8-15(9-7-13)26-18(19)20/h4-11,18,22H,1-3H3,(H,21,23). The highest BCUT2D eigenvalue weighted by Crippen LogP contribution is 2.28. The molecule has 0 radical (unpaired) electrons. The number of carbonyl (C=O) groups excluding carboxylic acids is 1. The Labute approximate surface area is 161 Å². The van der Waals surface area contributed by atoms with Crippen LogP contribution in [0, 0.1) is 12.8 Å². The smallest absolute Gasteiger partial charge is 0.288 e. The van der Waals surface area contributed by atoms with Crippen LogP contribution in [0.5, 0.6) is 0 Å². The van der Waals surface area contributed by atoms with Gasteiger partial charge >= 0.3 is 0 Å². The Bertz CT molecular complexity index is 915. The summed E-state index contributed by atoms with van der Waals surface area (Å²) in [6.07, 6.45) is 0. The van der Waals surface area contributed by atoms with Gasteiger partial charge in [-0.2, -0.15) is 8.78 Å². The van der Waals surface area contributed by atoms with Crippen molar-refractivity contribution in [2.75, 3.05) is 10.0 Å². The van der Waals surface area contributed by atoms with Crippen LogP contribution in [-0.4, -0.2) is 20.1 Å². The van der Waals surface area contributed by atoms with Crippen LogP contribution in [0.15, 0.2) is 52.3 Å². The van der Waals surface area contributed by atoms with Crippen molar-refractivity contribution in [2.45, 2.75) is 36.3 Å². The zero-order chi connectivity index (χ0) is 20.2. The van der Waals surface area contributed by atoms with Crippen LogP contribution in [0.3, 0.4) is 0 Å². The lowest BCUT2D eigenvalue weighted by Crippen LogP contribution is -2.19. The lowest BCUT2D eigenvalue weighted by Gasteiger charge is -2.13. The first kappa shape index (κ1) is 21.2. The summed E-state index contributed by atoms with van der Waals surface area (Å²) in [6.45, 7) is 5.11. The van der Waals surface area contributed by atoms with Gasteiger partial charge in [-0.15, -0.1) is 0 Å². The predicted molar refractivity (Wildman–Crippen MR) is 104 cm³/mol. The number of aryl methyl sites for hydroxylation is 1. The molecule has 0 bridgehead atoms. The fraction of sp³-hybridized carbons (Fsp3) is 0.278. The number of carbonyl (C=O) groups is 1. The van der Waals surface area contributed by atoms with E-state index in [1.165, 1.54) is 30.3 Å². The van der Waals surface area contributed by atoms with E-state index in [0.29, 0.717) is 27.9 Å². The molecular weight excluding hydrogens is 394 g/mol. The van der Waals surface area contributed by atoms with Crippen molar-refractivity contribution < 1.29 is 22.0 Å². The zero-order valence-electron chi connectivity index (χ0n) is 15.0. The number of hydrogen-bond donors (Lipinski definition) is 2. The maximum absolute atomic E-state index is 12.7. The summed E-state index contributed by atoms with van der Waals surface area (Å²) in [4.78, 5) is 12.2. The largest absolute Gasteiger partial charge is 0.326 e. The highest BCUT2D eigenvalue weighted by atomic mass is 32.2. The maximum atomic E-state index is 12.7. The molecule has 2 rings (SSSR count). The number of alkyl halides is 2. The van der Waals surface area contributed by atoms with Gasteiger partial charge in [0, 0.05) is 22.2 Å². The van der Waals surface area contributed by atoms with Crippen LogP contribution >= 0.6 is 11.8 Å². The van der Waals surface area contributed by atoms with E-state index < -0.39 is 15.8 Å². The Morgan fingerprint density at radius 3 is 2.19 bits per heavy atom. The summed E-state index contributed by atoms with van der Waals surface area (Å²) in [6, 6.07) is 10.3. The maximum Gasteiger partial charge on any atom is 0.288 e. The van der Waals surface area contributed by atoms with E-state index in [1.54, 1.807) is 32.9 Å². The molecule has 0 atom stereocenters. The lowest BCUT2D eigenvalue weighted by atomic mass is 10.2. The summed E-state index contributed by atoms with van der Waals surface area (Å²) in [5.74, 6) is -3.00. The van der Waals surface area contributed by atoms with E-state index in [1.807, 2.05) is 0 Å². The Balaban J connectivity index is 2.24. The van der Waals surface area contributed by atoms with Crippen LogP contribution in [-0.2, 0) is 14.8 Å². The molecule has 2 aromatic rings. The van der Waals surface area contributed by atoms with Gasteiger partial charge in [-0.25, -0.2) is 8.42 Å². The molecule has 5 nitrogen and oxygen atoms in total. The average molecular weight is 414 g/mol. The molecule has 0 saturated carbocycles. The third-order valence-corrected chi connectivity index (χ3v) is 5.85. The number of hydrogen-bond acceptors (Lipinski definition) is 4. The highest BCUT2D eigenvalue weighted by molar-refractivity contribution is 7.99. The van der Waals surface area contributed by atoms with E-state index in [0.717, 1.165) is 0 Å². The minimum absolute atomic E-state index is 0.0232. The van der Waals surface area contributed by atoms with E-state index in [9.17, 15) is 22.0 Å². The number of halogens is 2. The van der Waals surface area contributed by atoms with E-state index in [4.69, 9.17) is 0 Å². The monoisotopic (exact) mass is 414 g/mol. The molecule has 2 aromatic carbocycles. The third-order valence-electron chi connectivity index (χ3n) is 3.60. The average Bonchev–Trinajstić information content (AvgIpc) is 2.57.